The Balaban J connectivity index is 1.45. The SMILES string of the molecule is C/C=C\CC[C@H](C)C[C@@H](CC)CC(=O)N1C[C@H](Oc2nccc3c4c(ccc23)N(C)CCO4)C[C@H]1C(N)=O. The second-order valence-electron chi connectivity index (χ2n) is 10.8. The molecule has 3 heterocycles. The number of rotatable bonds is 11. The van der Waals surface area contributed by atoms with Crippen molar-refractivity contribution in [3.63, 3.8) is 0 Å². The molecule has 1 aromatic heterocycles. The number of hydrogen-bond donors (Lipinski definition) is 1. The smallest absolute Gasteiger partial charge is 0.240 e. The van der Waals surface area contributed by atoms with Gasteiger partial charge in [-0.1, -0.05) is 32.4 Å². The number of allylic oxidation sites excluding steroid dienone is 2. The van der Waals surface area contributed by atoms with Crippen molar-refractivity contribution in [1.29, 1.82) is 0 Å². The quantitative estimate of drug-likeness (QED) is 0.430. The average Bonchev–Trinajstić information content (AvgIpc) is 3.33. The van der Waals surface area contributed by atoms with Crippen molar-refractivity contribution in [3.8, 4) is 11.6 Å². The number of likely N-dealkylation sites (tertiary alicyclic amines) is 1. The van der Waals surface area contributed by atoms with Crippen molar-refractivity contribution in [3.05, 3.63) is 36.5 Å². The van der Waals surface area contributed by atoms with Gasteiger partial charge in [0, 0.05) is 36.9 Å². The minimum absolute atomic E-state index is 0.0243. The topological polar surface area (TPSA) is 98.0 Å². The Morgan fingerprint density at radius 2 is 2.11 bits per heavy atom. The first-order valence-electron chi connectivity index (χ1n) is 13.9. The summed E-state index contributed by atoms with van der Waals surface area (Å²) in [5, 5.41) is 1.78. The van der Waals surface area contributed by atoms with E-state index in [9.17, 15) is 9.59 Å². The Labute approximate surface area is 226 Å². The predicted molar refractivity (Wildman–Crippen MR) is 150 cm³/mol. The molecule has 0 spiro atoms. The number of amides is 2. The minimum Gasteiger partial charge on any atom is -0.489 e. The number of carbonyl (C=O) groups is 2. The lowest BCUT2D eigenvalue weighted by Gasteiger charge is -2.28. The highest BCUT2D eigenvalue weighted by Crippen LogP contribution is 2.40. The van der Waals surface area contributed by atoms with Gasteiger partial charge in [0.15, 0.2) is 5.75 Å². The maximum absolute atomic E-state index is 13.4. The van der Waals surface area contributed by atoms with Crippen LogP contribution in [-0.4, -0.2) is 60.6 Å². The number of pyridine rings is 1. The molecule has 1 aromatic carbocycles. The number of carbonyl (C=O) groups excluding carboxylic acids is 2. The predicted octanol–water partition coefficient (Wildman–Crippen LogP) is 4.70. The zero-order valence-electron chi connectivity index (χ0n) is 23.2. The molecule has 0 saturated carbocycles. The molecule has 4 rings (SSSR count). The lowest BCUT2D eigenvalue weighted by atomic mass is 9.88. The third-order valence-corrected chi connectivity index (χ3v) is 7.95. The number of aromatic nitrogens is 1. The highest BCUT2D eigenvalue weighted by Gasteiger charge is 2.40. The van der Waals surface area contributed by atoms with E-state index in [4.69, 9.17) is 15.2 Å². The van der Waals surface area contributed by atoms with Crippen LogP contribution in [0.25, 0.3) is 10.8 Å². The van der Waals surface area contributed by atoms with Gasteiger partial charge in [0.1, 0.15) is 18.8 Å². The Hall–Kier alpha value is -3.29. The van der Waals surface area contributed by atoms with Crippen LogP contribution >= 0.6 is 0 Å². The van der Waals surface area contributed by atoms with Crippen LogP contribution < -0.4 is 20.1 Å². The lowest BCUT2D eigenvalue weighted by molar-refractivity contribution is -0.138. The van der Waals surface area contributed by atoms with E-state index in [1.807, 2.05) is 32.2 Å². The van der Waals surface area contributed by atoms with E-state index in [0.29, 0.717) is 37.8 Å². The van der Waals surface area contributed by atoms with Crippen molar-refractivity contribution < 1.29 is 19.1 Å². The maximum atomic E-state index is 13.4. The normalized spacial score (nSPS) is 20.8. The van der Waals surface area contributed by atoms with Gasteiger partial charge in [-0.05, 0) is 56.2 Å². The molecular weight excluding hydrogens is 480 g/mol. The number of nitrogens with zero attached hydrogens (tertiary/aromatic N) is 3. The van der Waals surface area contributed by atoms with E-state index in [1.165, 1.54) is 0 Å². The number of hydrogen-bond acceptors (Lipinski definition) is 6. The van der Waals surface area contributed by atoms with E-state index in [1.54, 1.807) is 11.1 Å². The summed E-state index contributed by atoms with van der Waals surface area (Å²) < 4.78 is 12.3. The molecule has 0 radical (unpaired) electrons. The molecule has 38 heavy (non-hydrogen) atoms. The summed E-state index contributed by atoms with van der Waals surface area (Å²) in [6.07, 6.45) is 10.5. The summed E-state index contributed by atoms with van der Waals surface area (Å²) in [5.74, 6) is 1.61. The van der Waals surface area contributed by atoms with Crippen LogP contribution in [0.2, 0.25) is 0 Å². The molecule has 0 aliphatic carbocycles. The van der Waals surface area contributed by atoms with Crippen LogP contribution in [0.15, 0.2) is 36.5 Å². The standard InChI is InChI=1S/C30H42N4O4/c1-5-7-8-9-20(3)16-21(6-2)17-27(35)34-19-22(18-26(34)29(31)36)38-30-24-10-11-25-28(23(24)12-13-32-30)37-15-14-33(25)4/h5,7,10-13,20-22,26H,6,8-9,14-19H2,1-4H3,(H2,31,36)/b7-5-/t20-,21+,22+,26-/m0/s1. The summed E-state index contributed by atoms with van der Waals surface area (Å²) in [7, 11) is 2.05. The summed E-state index contributed by atoms with van der Waals surface area (Å²) in [4.78, 5) is 34.0. The van der Waals surface area contributed by atoms with Crippen molar-refractivity contribution in [1.82, 2.24) is 9.88 Å². The summed E-state index contributed by atoms with van der Waals surface area (Å²) >= 11 is 0. The zero-order valence-corrected chi connectivity index (χ0v) is 23.2. The first-order valence-corrected chi connectivity index (χ1v) is 13.9. The molecule has 2 N–H and O–H groups in total. The molecule has 2 amide bonds. The van der Waals surface area contributed by atoms with Gasteiger partial charge in [-0.15, -0.1) is 0 Å². The number of nitrogens with two attached hydrogens (primary N) is 1. The number of anilines is 1. The second-order valence-corrected chi connectivity index (χ2v) is 10.8. The first-order chi connectivity index (χ1) is 18.3. The fraction of sp³-hybridized carbons (Fsp3) is 0.567. The molecule has 8 nitrogen and oxygen atoms in total. The third-order valence-electron chi connectivity index (χ3n) is 7.95. The fourth-order valence-electron chi connectivity index (χ4n) is 5.72. The molecule has 2 aliphatic heterocycles. The summed E-state index contributed by atoms with van der Waals surface area (Å²) in [5.41, 5.74) is 6.78. The van der Waals surface area contributed by atoms with Crippen molar-refractivity contribution in [2.75, 3.05) is 31.6 Å². The lowest BCUT2D eigenvalue weighted by Crippen LogP contribution is -2.44. The van der Waals surface area contributed by atoms with Gasteiger partial charge >= 0.3 is 0 Å². The largest absolute Gasteiger partial charge is 0.489 e. The average molecular weight is 523 g/mol. The van der Waals surface area contributed by atoms with Gasteiger partial charge in [0.05, 0.1) is 18.8 Å². The molecule has 8 heteroatoms. The number of ether oxygens (including phenoxy) is 2. The Kier molecular flexibility index (Phi) is 9.13. The molecule has 206 valence electrons. The van der Waals surface area contributed by atoms with Crippen LogP contribution in [0, 0.1) is 11.8 Å². The summed E-state index contributed by atoms with van der Waals surface area (Å²) in [6, 6.07) is 5.28. The highest BCUT2D eigenvalue weighted by atomic mass is 16.5. The molecule has 1 fully saturated rings. The second kappa shape index (κ2) is 12.5. The van der Waals surface area contributed by atoms with E-state index in [2.05, 4.69) is 35.9 Å². The van der Waals surface area contributed by atoms with E-state index in [-0.39, 0.29) is 17.9 Å². The van der Waals surface area contributed by atoms with Crippen LogP contribution in [0.5, 0.6) is 11.6 Å². The van der Waals surface area contributed by atoms with Gasteiger partial charge in [0.25, 0.3) is 0 Å². The number of primary amides is 1. The number of likely N-dealkylation sites (N-methyl/N-ethyl adjacent to an activating group) is 1. The van der Waals surface area contributed by atoms with Gasteiger partial charge in [-0.2, -0.15) is 0 Å². The molecular formula is C30H42N4O4. The van der Waals surface area contributed by atoms with Crippen molar-refractivity contribution in [2.45, 2.75) is 71.4 Å². The van der Waals surface area contributed by atoms with Crippen molar-refractivity contribution in [2.24, 2.45) is 17.6 Å². The monoisotopic (exact) mass is 522 g/mol. The van der Waals surface area contributed by atoms with E-state index >= 15 is 0 Å². The molecule has 4 atom stereocenters. The van der Waals surface area contributed by atoms with Gasteiger partial charge < -0.3 is 25.0 Å². The van der Waals surface area contributed by atoms with Gasteiger partial charge in [-0.25, -0.2) is 4.98 Å². The molecule has 1 saturated heterocycles. The molecule has 0 unspecified atom stereocenters. The Morgan fingerprint density at radius 1 is 1.29 bits per heavy atom. The number of benzene rings is 1. The highest BCUT2D eigenvalue weighted by molar-refractivity contribution is 5.96. The minimum atomic E-state index is -0.670. The van der Waals surface area contributed by atoms with Gasteiger partial charge in [0.2, 0.25) is 17.7 Å². The Morgan fingerprint density at radius 3 is 2.84 bits per heavy atom. The van der Waals surface area contributed by atoms with Crippen LogP contribution in [0.1, 0.15) is 59.3 Å². The van der Waals surface area contributed by atoms with E-state index in [0.717, 1.165) is 54.4 Å². The van der Waals surface area contributed by atoms with Crippen LogP contribution in [0.3, 0.4) is 0 Å². The number of fused-ring (bicyclic) bond motifs is 3. The van der Waals surface area contributed by atoms with E-state index < -0.39 is 11.9 Å². The maximum Gasteiger partial charge on any atom is 0.240 e. The molecule has 0 bridgehead atoms. The van der Waals surface area contributed by atoms with Crippen LogP contribution in [-0.2, 0) is 9.59 Å². The fourth-order valence-corrected chi connectivity index (χ4v) is 5.72. The van der Waals surface area contributed by atoms with Gasteiger partial charge in [-0.3, -0.25) is 9.59 Å². The zero-order chi connectivity index (χ0) is 27.2. The first kappa shape index (κ1) is 27.7. The molecule has 2 aliphatic rings. The Bertz CT molecular complexity index is 1170. The summed E-state index contributed by atoms with van der Waals surface area (Å²) in [6.45, 7) is 8.19. The third kappa shape index (κ3) is 6.22. The van der Waals surface area contributed by atoms with Crippen LogP contribution in [0.4, 0.5) is 5.69 Å². The molecule has 2 aromatic rings. The van der Waals surface area contributed by atoms with Crippen molar-refractivity contribution >= 4 is 28.3 Å².